The van der Waals surface area contributed by atoms with Crippen LogP contribution < -0.4 is 4.74 Å². The molecule has 1 aliphatic rings. The summed E-state index contributed by atoms with van der Waals surface area (Å²) < 4.78 is 19.2. The van der Waals surface area contributed by atoms with Crippen LogP contribution in [0.25, 0.3) is 0 Å². The molecular weight excluding hydrogens is 283 g/mol. The van der Waals surface area contributed by atoms with Crippen molar-refractivity contribution >= 4 is 0 Å². The van der Waals surface area contributed by atoms with Crippen molar-refractivity contribution in [2.45, 2.75) is 38.9 Å². The highest BCUT2D eigenvalue weighted by Crippen LogP contribution is 2.22. The topological polar surface area (TPSA) is 35.9 Å². The van der Waals surface area contributed by atoms with Gasteiger partial charge in [0.05, 0.1) is 7.11 Å². The van der Waals surface area contributed by atoms with E-state index in [1.165, 1.54) is 13.2 Å². The number of methoxy groups -OCH3 is 1. The zero-order valence-corrected chi connectivity index (χ0v) is 13.8. The minimum absolute atomic E-state index is 0.165. The Bertz CT molecular complexity index is 482. The fraction of sp³-hybridized carbons (Fsp3) is 0.647. The maximum Gasteiger partial charge on any atom is 0.131 e. The van der Waals surface area contributed by atoms with Crippen molar-refractivity contribution in [2.24, 2.45) is 0 Å². The van der Waals surface area contributed by atoms with Gasteiger partial charge < -0.3 is 9.84 Å². The van der Waals surface area contributed by atoms with Crippen LogP contribution in [0.3, 0.4) is 0 Å². The van der Waals surface area contributed by atoms with Gasteiger partial charge in [-0.3, -0.25) is 9.80 Å². The van der Waals surface area contributed by atoms with Crippen LogP contribution in [0.15, 0.2) is 18.2 Å². The number of benzene rings is 1. The molecule has 0 saturated carbocycles. The van der Waals surface area contributed by atoms with Crippen molar-refractivity contribution in [1.82, 2.24) is 9.80 Å². The van der Waals surface area contributed by atoms with Crippen molar-refractivity contribution in [3.63, 3.8) is 0 Å². The van der Waals surface area contributed by atoms with Gasteiger partial charge in [0.1, 0.15) is 11.6 Å². The fourth-order valence-corrected chi connectivity index (χ4v) is 3.02. The molecule has 1 aromatic carbocycles. The molecule has 124 valence electrons. The first-order valence-corrected chi connectivity index (χ1v) is 7.96. The molecule has 1 fully saturated rings. The Morgan fingerprint density at radius 1 is 1.36 bits per heavy atom. The third-order valence-electron chi connectivity index (χ3n) is 4.46. The van der Waals surface area contributed by atoms with Gasteiger partial charge in [-0.1, -0.05) is 6.07 Å². The molecule has 1 aliphatic heterocycles. The van der Waals surface area contributed by atoms with E-state index >= 15 is 0 Å². The van der Waals surface area contributed by atoms with Crippen LogP contribution in [0.4, 0.5) is 4.39 Å². The predicted octanol–water partition coefficient (Wildman–Crippen LogP) is 2.11. The highest BCUT2D eigenvalue weighted by Gasteiger charge is 2.28. The van der Waals surface area contributed by atoms with Gasteiger partial charge in [0.25, 0.3) is 0 Å². The average molecular weight is 310 g/mol. The molecule has 0 bridgehead atoms. The van der Waals surface area contributed by atoms with E-state index in [2.05, 4.69) is 23.6 Å². The number of aliphatic hydroxyl groups excluding tert-OH is 1. The summed E-state index contributed by atoms with van der Waals surface area (Å²) in [6, 6.07) is 5.78. The smallest absolute Gasteiger partial charge is 0.131 e. The zero-order valence-electron chi connectivity index (χ0n) is 13.8. The van der Waals surface area contributed by atoms with Gasteiger partial charge >= 0.3 is 0 Å². The van der Waals surface area contributed by atoms with E-state index < -0.39 is 0 Å². The standard InChI is InChI=1S/C17H27FN2O2/c1-13(2)19-7-8-20(15(12-19)6-9-21)11-14-4-5-16(22-3)10-17(14)18/h4-5,10,13,15,21H,6-9,11-12H2,1-3H3/t15-/m1/s1. The van der Waals surface area contributed by atoms with E-state index in [9.17, 15) is 9.50 Å². The molecule has 5 heteroatoms. The number of hydrogen-bond donors (Lipinski definition) is 1. The maximum absolute atomic E-state index is 14.1. The molecule has 1 N–H and O–H groups in total. The van der Waals surface area contributed by atoms with E-state index in [0.717, 1.165) is 26.1 Å². The molecule has 0 aromatic heterocycles. The van der Waals surface area contributed by atoms with E-state index in [1.54, 1.807) is 12.1 Å². The van der Waals surface area contributed by atoms with Gasteiger partial charge in [-0.15, -0.1) is 0 Å². The predicted molar refractivity (Wildman–Crippen MR) is 85.6 cm³/mol. The lowest BCUT2D eigenvalue weighted by Gasteiger charge is -2.43. The Hall–Kier alpha value is -1.17. The first-order valence-electron chi connectivity index (χ1n) is 7.96. The van der Waals surface area contributed by atoms with Crippen LogP contribution in [0, 0.1) is 5.82 Å². The normalized spacial score (nSPS) is 20.5. The van der Waals surface area contributed by atoms with Gasteiger partial charge in [0.15, 0.2) is 0 Å². The molecular formula is C17H27FN2O2. The maximum atomic E-state index is 14.1. The fourth-order valence-electron chi connectivity index (χ4n) is 3.02. The van der Waals surface area contributed by atoms with Crippen molar-refractivity contribution < 1.29 is 14.2 Å². The Morgan fingerprint density at radius 3 is 2.73 bits per heavy atom. The van der Waals surface area contributed by atoms with Gasteiger partial charge in [-0.25, -0.2) is 4.39 Å². The average Bonchev–Trinajstić information content (AvgIpc) is 2.50. The lowest BCUT2D eigenvalue weighted by atomic mass is 10.1. The Kier molecular flexibility index (Phi) is 6.17. The molecule has 2 rings (SSSR count). The quantitative estimate of drug-likeness (QED) is 0.873. The molecule has 0 spiro atoms. The van der Waals surface area contributed by atoms with Gasteiger partial charge in [0.2, 0.25) is 0 Å². The van der Waals surface area contributed by atoms with Gasteiger partial charge in [-0.05, 0) is 26.3 Å². The van der Waals surface area contributed by atoms with Crippen LogP contribution in [0.5, 0.6) is 5.75 Å². The van der Waals surface area contributed by atoms with Crippen LogP contribution in [0.2, 0.25) is 0 Å². The summed E-state index contributed by atoms with van der Waals surface area (Å²) in [6.45, 7) is 7.93. The van der Waals surface area contributed by atoms with Crippen LogP contribution in [-0.4, -0.2) is 60.3 Å². The second-order valence-electron chi connectivity index (χ2n) is 6.18. The largest absolute Gasteiger partial charge is 0.497 e. The van der Waals surface area contributed by atoms with Crippen LogP contribution in [-0.2, 0) is 6.54 Å². The summed E-state index contributed by atoms with van der Waals surface area (Å²) in [7, 11) is 1.54. The van der Waals surface area contributed by atoms with Crippen molar-refractivity contribution in [2.75, 3.05) is 33.4 Å². The summed E-state index contributed by atoms with van der Waals surface area (Å²) in [4.78, 5) is 4.70. The third-order valence-corrected chi connectivity index (χ3v) is 4.46. The molecule has 4 nitrogen and oxygen atoms in total. The molecule has 0 amide bonds. The van der Waals surface area contributed by atoms with E-state index in [4.69, 9.17) is 4.74 Å². The third kappa shape index (κ3) is 4.18. The number of rotatable bonds is 6. The number of piperazine rings is 1. The minimum Gasteiger partial charge on any atom is -0.497 e. The Morgan fingerprint density at radius 2 is 2.14 bits per heavy atom. The number of aliphatic hydroxyl groups is 1. The summed E-state index contributed by atoms with van der Waals surface area (Å²) in [5.74, 6) is 0.311. The molecule has 0 radical (unpaired) electrons. The second kappa shape index (κ2) is 7.90. The SMILES string of the molecule is COc1ccc(CN2CCN(C(C)C)C[C@H]2CCO)c(F)c1. The highest BCUT2D eigenvalue weighted by atomic mass is 19.1. The summed E-state index contributed by atoms with van der Waals surface area (Å²) in [5.41, 5.74) is 0.682. The summed E-state index contributed by atoms with van der Waals surface area (Å²) in [5, 5.41) is 9.31. The number of halogens is 1. The Labute approximate surface area is 132 Å². The molecule has 1 aromatic rings. The van der Waals surface area contributed by atoms with Crippen molar-refractivity contribution in [1.29, 1.82) is 0 Å². The second-order valence-corrected chi connectivity index (χ2v) is 6.18. The minimum atomic E-state index is -0.228. The monoisotopic (exact) mass is 310 g/mol. The molecule has 1 saturated heterocycles. The Balaban J connectivity index is 2.07. The highest BCUT2D eigenvalue weighted by molar-refractivity contribution is 5.28. The van der Waals surface area contributed by atoms with Crippen molar-refractivity contribution in [3.05, 3.63) is 29.6 Å². The molecule has 22 heavy (non-hydrogen) atoms. The van der Waals surface area contributed by atoms with Crippen molar-refractivity contribution in [3.8, 4) is 5.75 Å². The van der Waals surface area contributed by atoms with Gasteiger partial charge in [0, 0.05) is 56.5 Å². The van der Waals surface area contributed by atoms with Crippen LogP contribution >= 0.6 is 0 Å². The van der Waals surface area contributed by atoms with E-state index in [0.29, 0.717) is 23.9 Å². The molecule has 1 heterocycles. The lowest BCUT2D eigenvalue weighted by molar-refractivity contribution is 0.0383. The van der Waals surface area contributed by atoms with E-state index in [-0.39, 0.29) is 18.5 Å². The van der Waals surface area contributed by atoms with E-state index in [1.807, 2.05) is 0 Å². The number of nitrogens with zero attached hydrogens (tertiary/aromatic N) is 2. The summed E-state index contributed by atoms with van der Waals surface area (Å²) >= 11 is 0. The molecule has 0 aliphatic carbocycles. The molecule has 1 atom stereocenters. The number of hydrogen-bond acceptors (Lipinski definition) is 4. The lowest BCUT2D eigenvalue weighted by Crippen LogP contribution is -2.54. The molecule has 0 unspecified atom stereocenters. The number of ether oxygens (including phenoxy) is 1. The van der Waals surface area contributed by atoms with Crippen LogP contribution in [0.1, 0.15) is 25.8 Å². The van der Waals surface area contributed by atoms with Gasteiger partial charge in [-0.2, -0.15) is 0 Å². The zero-order chi connectivity index (χ0) is 16.1. The first-order chi connectivity index (χ1) is 10.5. The summed E-state index contributed by atoms with van der Waals surface area (Å²) in [6.07, 6.45) is 0.723. The first kappa shape index (κ1) is 17.2.